The van der Waals surface area contributed by atoms with E-state index in [1.165, 1.54) is 11.9 Å². The normalized spacial score (nSPS) is 14.8. The lowest BCUT2D eigenvalue weighted by molar-refractivity contribution is -0.115. The number of carbonyl (C=O) groups excluding carboxylic acids is 2. The van der Waals surface area contributed by atoms with Crippen molar-refractivity contribution in [1.82, 2.24) is 0 Å². The third kappa shape index (κ3) is 3.99. The number of amides is 2. The number of nitrogens with one attached hydrogen (secondary N) is 1. The van der Waals surface area contributed by atoms with Gasteiger partial charge in [0.25, 0.3) is 5.91 Å². The number of benzene rings is 3. The molecular weight excluding hydrogens is 362 g/mol. The zero-order valence-electron chi connectivity index (χ0n) is 15.9. The van der Waals surface area contributed by atoms with Gasteiger partial charge in [-0.05, 0) is 35.9 Å². The molecule has 5 nitrogen and oxygen atoms in total. The van der Waals surface area contributed by atoms with Crippen LogP contribution in [0.3, 0.4) is 0 Å². The average Bonchev–Trinajstić information content (AvgIpc) is 3.07. The summed E-state index contributed by atoms with van der Waals surface area (Å²) in [5.74, 6) is -0.305. The number of hydrazone groups is 1. The summed E-state index contributed by atoms with van der Waals surface area (Å²) in [4.78, 5) is 24.4. The van der Waals surface area contributed by atoms with E-state index in [4.69, 9.17) is 0 Å². The molecule has 0 aliphatic carbocycles. The van der Waals surface area contributed by atoms with Crippen LogP contribution in [-0.2, 0) is 9.59 Å². The second-order valence-electron chi connectivity index (χ2n) is 6.63. The smallest absolute Gasteiger partial charge is 0.281 e. The highest BCUT2D eigenvalue weighted by Crippen LogP contribution is 2.27. The van der Waals surface area contributed by atoms with E-state index in [1.807, 2.05) is 91.0 Å². The van der Waals surface area contributed by atoms with Gasteiger partial charge in [-0.1, -0.05) is 60.7 Å². The van der Waals surface area contributed by atoms with Crippen molar-refractivity contribution in [1.29, 1.82) is 0 Å². The van der Waals surface area contributed by atoms with Crippen LogP contribution in [0.4, 0.5) is 11.4 Å². The van der Waals surface area contributed by atoms with E-state index in [-0.39, 0.29) is 11.8 Å². The Kier molecular flexibility index (Phi) is 5.03. The van der Waals surface area contributed by atoms with Gasteiger partial charge >= 0.3 is 0 Å². The third-order valence-electron chi connectivity index (χ3n) is 4.47. The third-order valence-corrected chi connectivity index (χ3v) is 4.47. The minimum atomic E-state index is -0.180. The van der Waals surface area contributed by atoms with Crippen molar-refractivity contribution in [3.63, 3.8) is 0 Å². The van der Waals surface area contributed by atoms with Crippen molar-refractivity contribution in [2.75, 3.05) is 10.3 Å². The molecule has 142 valence electrons. The molecular formula is C24H19N3O2. The number of anilines is 2. The van der Waals surface area contributed by atoms with Crippen molar-refractivity contribution in [2.45, 2.75) is 6.92 Å². The fourth-order valence-electron chi connectivity index (χ4n) is 3.13. The standard InChI is InChI=1S/C24H19N3O2/c1-17(28)25-20-14-12-18(13-15-20)16-22-23(19-8-4-2-5-9-19)26-27(24(22)29)21-10-6-3-7-11-21/h2-16H,1H3,(H,25,28)/b22-16-. The van der Waals surface area contributed by atoms with Crippen LogP contribution in [-0.4, -0.2) is 17.5 Å². The van der Waals surface area contributed by atoms with Crippen LogP contribution >= 0.6 is 0 Å². The van der Waals surface area contributed by atoms with Crippen LogP contribution < -0.4 is 10.3 Å². The highest BCUT2D eigenvalue weighted by Gasteiger charge is 2.31. The first-order chi connectivity index (χ1) is 14.1. The Hall–Kier alpha value is -3.99. The van der Waals surface area contributed by atoms with E-state index in [2.05, 4.69) is 10.4 Å². The molecule has 0 atom stereocenters. The summed E-state index contributed by atoms with van der Waals surface area (Å²) >= 11 is 0. The lowest BCUT2D eigenvalue weighted by Crippen LogP contribution is -2.21. The van der Waals surface area contributed by atoms with Gasteiger partial charge < -0.3 is 5.32 Å². The minimum Gasteiger partial charge on any atom is -0.326 e. The summed E-state index contributed by atoms with van der Waals surface area (Å²) in [7, 11) is 0. The fraction of sp³-hybridized carbons (Fsp3) is 0.0417. The van der Waals surface area contributed by atoms with Crippen LogP contribution in [0.1, 0.15) is 18.1 Å². The quantitative estimate of drug-likeness (QED) is 0.678. The summed E-state index contributed by atoms with van der Waals surface area (Å²) in [5, 5.41) is 8.79. The van der Waals surface area contributed by atoms with E-state index in [1.54, 1.807) is 0 Å². The predicted octanol–water partition coefficient (Wildman–Crippen LogP) is 4.48. The van der Waals surface area contributed by atoms with Gasteiger partial charge in [0.1, 0.15) is 5.71 Å². The van der Waals surface area contributed by atoms with Gasteiger partial charge in [-0.15, -0.1) is 0 Å². The number of nitrogens with zero attached hydrogens (tertiary/aromatic N) is 2. The topological polar surface area (TPSA) is 61.8 Å². The molecule has 0 saturated heterocycles. The van der Waals surface area contributed by atoms with Crippen molar-refractivity contribution >= 4 is 35.0 Å². The first-order valence-corrected chi connectivity index (χ1v) is 9.25. The van der Waals surface area contributed by atoms with Gasteiger partial charge in [0, 0.05) is 18.2 Å². The molecule has 0 fully saturated rings. The molecule has 0 bridgehead atoms. The monoisotopic (exact) mass is 381 g/mol. The fourth-order valence-corrected chi connectivity index (χ4v) is 3.13. The molecule has 0 radical (unpaired) electrons. The summed E-state index contributed by atoms with van der Waals surface area (Å²) in [6, 6.07) is 26.4. The Balaban J connectivity index is 1.74. The predicted molar refractivity (Wildman–Crippen MR) is 116 cm³/mol. The highest BCUT2D eigenvalue weighted by atomic mass is 16.2. The van der Waals surface area contributed by atoms with Crippen LogP contribution in [0.15, 0.2) is 95.6 Å². The molecule has 3 aromatic carbocycles. The maximum atomic E-state index is 13.2. The average molecular weight is 381 g/mol. The summed E-state index contributed by atoms with van der Waals surface area (Å²) in [5.41, 5.74) is 4.30. The largest absolute Gasteiger partial charge is 0.326 e. The first-order valence-electron chi connectivity index (χ1n) is 9.25. The van der Waals surface area contributed by atoms with Crippen molar-refractivity contribution in [2.24, 2.45) is 5.10 Å². The number of carbonyl (C=O) groups is 2. The lowest BCUT2D eigenvalue weighted by Gasteiger charge is -2.10. The van der Waals surface area contributed by atoms with E-state index < -0.39 is 0 Å². The SMILES string of the molecule is CC(=O)Nc1ccc(/C=C2\C(=O)N(c3ccccc3)N=C2c2ccccc2)cc1. The van der Waals surface area contributed by atoms with E-state index in [0.29, 0.717) is 17.0 Å². The summed E-state index contributed by atoms with van der Waals surface area (Å²) in [6.07, 6.45) is 1.83. The second-order valence-corrected chi connectivity index (χ2v) is 6.63. The maximum Gasteiger partial charge on any atom is 0.281 e. The zero-order valence-corrected chi connectivity index (χ0v) is 15.9. The summed E-state index contributed by atoms with van der Waals surface area (Å²) < 4.78 is 0. The zero-order chi connectivity index (χ0) is 20.2. The van der Waals surface area contributed by atoms with E-state index in [9.17, 15) is 9.59 Å². The minimum absolute atomic E-state index is 0.126. The molecule has 1 heterocycles. The molecule has 0 aromatic heterocycles. The Bertz CT molecular complexity index is 1100. The molecule has 29 heavy (non-hydrogen) atoms. The summed E-state index contributed by atoms with van der Waals surface area (Å²) in [6.45, 7) is 1.47. The van der Waals surface area contributed by atoms with E-state index >= 15 is 0 Å². The van der Waals surface area contributed by atoms with Gasteiger partial charge in [0.2, 0.25) is 5.91 Å². The maximum absolute atomic E-state index is 13.2. The molecule has 2 amide bonds. The van der Waals surface area contributed by atoms with Crippen LogP contribution in [0.25, 0.3) is 6.08 Å². The van der Waals surface area contributed by atoms with Crippen molar-refractivity contribution < 1.29 is 9.59 Å². The van der Waals surface area contributed by atoms with Gasteiger partial charge in [0.15, 0.2) is 0 Å². The van der Waals surface area contributed by atoms with Crippen molar-refractivity contribution in [3.8, 4) is 0 Å². The highest BCUT2D eigenvalue weighted by molar-refractivity contribution is 6.37. The molecule has 5 heteroatoms. The number of hydrogen-bond donors (Lipinski definition) is 1. The molecule has 4 rings (SSSR count). The van der Waals surface area contributed by atoms with E-state index in [0.717, 1.165) is 16.8 Å². The van der Waals surface area contributed by atoms with Gasteiger partial charge in [-0.2, -0.15) is 10.1 Å². The lowest BCUT2D eigenvalue weighted by atomic mass is 10.00. The van der Waals surface area contributed by atoms with Gasteiger partial charge in [-0.3, -0.25) is 9.59 Å². The molecule has 1 aliphatic rings. The first kappa shape index (κ1) is 18.4. The Morgan fingerprint density at radius 1 is 0.897 bits per heavy atom. The Labute approximate surface area is 169 Å². The van der Waals surface area contributed by atoms with Crippen LogP contribution in [0.2, 0.25) is 0 Å². The van der Waals surface area contributed by atoms with Crippen LogP contribution in [0.5, 0.6) is 0 Å². The molecule has 1 N–H and O–H groups in total. The number of hydrogen-bond acceptors (Lipinski definition) is 3. The van der Waals surface area contributed by atoms with Crippen molar-refractivity contribution in [3.05, 3.63) is 102 Å². The Morgan fingerprint density at radius 2 is 1.52 bits per heavy atom. The number of para-hydroxylation sites is 1. The van der Waals surface area contributed by atoms with Crippen LogP contribution in [0, 0.1) is 0 Å². The van der Waals surface area contributed by atoms with Gasteiger partial charge in [0.05, 0.1) is 11.3 Å². The molecule has 0 saturated carbocycles. The second kappa shape index (κ2) is 7.94. The molecule has 3 aromatic rings. The van der Waals surface area contributed by atoms with Gasteiger partial charge in [-0.25, -0.2) is 0 Å². The molecule has 0 unspecified atom stereocenters. The molecule has 1 aliphatic heterocycles. The molecule has 0 spiro atoms. The Morgan fingerprint density at radius 3 is 2.14 bits per heavy atom. The number of rotatable bonds is 4.